The first-order valence-corrected chi connectivity index (χ1v) is 11.5. The van der Waals surface area contributed by atoms with Crippen molar-refractivity contribution in [1.82, 2.24) is 0 Å². The average molecular weight is 339 g/mol. The maximum Gasteiger partial charge on any atom is 0.0886 e. The molecule has 1 nitrogen and oxygen atoms in total. The van der Waals surface area contributed by atoms with Gasteiger partial charge in [-0.15, -0.1) is 0 Å². The number of rotatable bonds is 15. The summed E-state index contributed by atoms with van der Waals surface area (Å²) in [7, 11) is 4.90. The Labute approximate surface area is 154 Å². The van der Waals surface area contributed by atoms with Gasteiger partial charge >= 0.3 is 0 Å². The molecule has 0 aromatic rings. The van der Waals surface area contributed by atoms with Crippen molar-refractivity contribution in [2.24, 2.45) is 0 Å². The fourth-order valence-corrected chi connectivity index (χ4v) is 4.50. The Balaban J connectivity index is 1.79. The number of hydrogen-bond donors (Lipinski definition) is 0. The second-order valence-electron chi connectivity index (χ2n) is 9.04. The third-order valence-electron chi connectivity index (χ3n) is 6.40. The van der Waals surface area contributed by atoms with Crippen LogP contribution >= 0.6 is 0 Å². The molecule has 1 unspecified atom stereocenters. The first kappa shape index (κ1) is 22.0. The molecule has 0 saturated carbocycles. The van der Waals surface area contributed by atoms with Crippen molar-refractivity contribution in [2.75, 3.05) is 20.6 Å². The standard InChI is InChI=1S/C23H48N/c1-4-5-6-7-8-9-10-11-12-13-14-15-16-17-20-23-21-18-19-22-24(23,2)3/h23H,4-22H2,1-3H3/q+1. The third-order valence-corrected chi connectivity index (χ3v) is 6.40. The molecule has 24 heavy (non-hydrogen) atoms. The summed E-state index contributed by atoms with van der Waals surface area (Å²) in [5.74, 6) is 0. The van der Waals surface area contributed by atoms with Gasteiger partial charge in [0.1, 0.15) is 0 Å². The van der Waals surface area contributed by atoms with Gasteiger partial charge in [-0.2, -0.15) is 0 Å². The Morgan fingerprint density at radius 2 is 1.08 bits per heavy atom. The van der Waals surface area contributed by atoms with Crippen molar-refractivity contribution in [2.45, 2.75) is 129 Å². The first-order chi connectivity index (χ1) is 11.7. The third kappa shape index (κ3) is 10.7. The van der Waals surface area contributed by atoms with Crippen LogP contribution in [0.4, 0.5) is 0 Å². The Morgan fingerprint density at radius 3 is 1.54 bits per heavy atom. The molecule has 1 atom stereocenters. The van der Waals surface area contributed by atoms with Crippen LogP contribution in [0.2, 0.25) is 0 Å². The van der Waals surface area contributed by atoms with E-state index in [-0.39, 0.29) is 0 Å². The number of hydrogen-bond acceptors (Lipinski definition) is 0. The second-order valence-corrected chi connectivity index (χ2v) is 9.04. The van der Waals surface area contributed by atoms with Gasteiger partial charge in [0.15, 0.2) is 0 Å². The summed E-state index contributed by atoms with van der Waals surface area (Å²) in [6, 6.07) is 0.955. The molecule has 144 valence electrons. The van der Waals surface area contributed by atoms with E-state index >= 15 is 0 Å². The predicted molar refractivity (Wildman–Crippen MR) is 110 cm³/mol. The smallest absolute Gasteiger partial charge is 0.0886 e. The van der Waals surface area contributed by atoms with Crippen LogP contribution in [-0.4, -0.2) is 31.2 Å². The van der Waals surface area contributed by atoms with E-state index in [4.69, 9.17) is 0 Å². The lowest BCUT2D eigenvalue weighted by Gasteiger charge is -2.41. The molecule has 0 aromatic heterocycles. The number of piperidine rings is 1. The fourth-order valence-electron chi connectivity index (χ4n) is 4.50. The van der Waals surface area contributed by atoms with Gasteiger partial charge in [0.25, 0.3) is 0 Å². The number of quaternary nitrogens is 1. The van der Waals surface area contributed by atoms with Crippen molar-refractivity contribution in [3.05, 3.63) is 0 Å². The lowest BCUT2D eigenvalue weighted by molar-refractivity contribution is -0.920. The number of likely N-dealkylation sites (tertiary alicyclic amines) is 1. The van der Waals surface area contributed by atoms with Crippen LogP contribution in [-0.2, 0) is 0 Å². The minimum absolute atomic E-state index is 0.955. The van der Waals surface area contributed by atoms with E-state index in [1.165, 1.54) is 127 Å². The van der Waals surface area contributed by atoms with E-state index in [9.17, 15) is 0 Å². The van der Waals surface area contributed by atoms with Crippen molar-refractivity contribution < 1.29 is 4.48 Å². The van der Waals surface area contributed by atoms with Gasteiger partial charge in [-0.1, -0.05) is 90.4 Å². The molecule has 0 amide bonds. The van der Waals surface area contributed by atoms with Gasteiger partial charge in [0, 0.05) is 0 Å². The zero-order chi connectivity index (χ0) is 17.5. The van der Waals surface area contributed by atoms with Crippen LogP contribution in [0.15, 0.2) is 0 Å². The maximum absolute atomic E-state index is 2.45. The molecule has 1 saturated heterocycles. The molecule has 1 heterocycles. The van der Waals surface area contributed by atoms with Crippen LogP contribution < -0.4 is 0 Å². The summed E-state index contributed by atoms with van der Waals surface area (Å²) >= 11 is 0. The summed E-state index contributed by atoms with van der Waals surface area (Å²) < 4.78 is 1.29. The summed E-state index contributed by atoms with van der Waals surface area (Å²) in [6.07, 6.45) is 26.5. The number of unbranched alkanes of at least 4 members (excludes halogenated alkanes) is 13. The van der Waals surface area contributed by atoms with Gasteiger partial charge in [-0.05, 0) is 32.1 Å². The molecule has 1 aliphatic heterocycles. The van der Waals surface area contributed by atoms with E-state index in [2.05, 4.69) is 21.0 Å². The van der Waals surface area contributed by atoms with Crippen LogP contribution in [0.3, 0.4) is 0 Å². The lowest BCUT2D eigenvalue weighted by Crippen LogP contribution is -2.51. The maximum atomic E-state index is 2.45. The largest absolute Gasteiger partial charge is 0.326 e. The minimum Gasteiger partial charge on any atom is -0.326 e. The Bertz CT molecular complexity index is 271. The highest BCUT2D eigenvalue weighted by atomic mass is 15.3. The molecule has 0 N–H and O–H groups in total. The van der Waals surface area contributed by atoms with Gasteiger partial charge in [-0.3, -0.25) is 0 Å². The molecule has 1 aliphatic rings. The van der Waals surface area contributed by atoms with E-state index in [0.717, 1.165) is 6.04 Å². The molecule has 1 rings (SSSR count). The Kier molecular flexibility index (Phi) is 13.0. The van der Waals surface area contributed by atoms with Gasteiger partial charge in [0.05, 0.1) is 26.7 Å². The SMILES string of the molecule is CCCCCCCCCCCCCCCCC1CCCC[N+]1(C)C. The molecule has 1 heteroatoms. The molecule has 0 spiro atoms. The Morgan fingerprint density at radius 1 is 0.625 bits per heavy atom. The molecular formula is C23H48N+. The highest BCUT2D eigenvalue weighted by Crippen LogP contribution is 2.25. The predicted octanol–water partition coefficient (Wildman–Crippen LogP) is 7.49. The summed E-state index contributed by atoms with van der Waals surface area (Å²) in [6.45, 7) is 3.71. The molecule has 0 radical (unpaired) electrons. The second kappa shape index (κ2) is 14.2. The van der Waals surface area contributed by atoms with E-state index in [1.54, 1.807) is 0 Å². The van der Waals surface area contributed by atoms with E-state index in [1.807, 2.05) is 0 Å². The molecular weight excluding hydrogens is 290 g/mol. The van der Waals surface area contributed by atoms with Crippen molar-refractivity contribution in [1.29, 1.82) is 0 Å². The van der Waals surface area contributed by atoms with E-state index < -0.39 is 0 Å². The number of nitrogens with zero attached hydrogens (tertiary/aromatic N) is 1. The zero-order valence-corrected chi connectivity index (χ0v) is 17.5. The Hall–Kier alpha value is -0.0400. The van der Waals surface area contributed by atoms with Crippen LogP contribution in [0.5, 0.6) is 0 Å². The van der Waals surface area contributed by atoms with E-state index in [0.29, 0.717) is 0 Å². The first-order valence-electron chi connectivity index (χ1n) is 11.5. The van der Waals surface area contributed by atoms with Gasteiger partial charge in [-0.25, -0.2) is 0 Å². The van der Waals surface area contributed by atoms with Crippen molar-refractivity contribution in [3.63, 3.8) is 0 Å². The topological polar surface area (TPSA) is 0 Å². The summed E-state index contributed by atoms with van der Waals surface area (Å²) in [5.41, 5.74) is 0. The minimum atomic E-state index is 0.955. The van der Waals surface area contributed by atoms with Crippen LogP contribution in [0, 0.1) is 0 Å². The fraction of sp³-hybridized carbons (Fsp3) is 1.00. The molecule has 0 bridgehead atoms. The van der Waals surface area contributed by atoms with Gasteiger partial charge in [0.2, 0.25) is 0 Å². The zero-order valence-electron chi connectivity index (χ0n) is 17.5. The molecule has 1 fully saturated rings. The monoisotopic (exact) mass is 338 g/mol. The molecule has 0 aliphatic carbocycles. The summed E-state index contributed by atoms with van der Waals surface area (Å²) in [4.78, 5) is 0. The highest BCUT2D eigenvalue weighted by Gasteiger charge is 2.30. The summed E-state index contributed by atoms with van der Waals surface area (Å²) in [5, 5.41) is 0. The molecule has 0 aromatic carbocycles. The van der Waals surface area contributed by atoms with Crippen LogP contribution in [0.1, 0.15) is 122 Å². The lowest BCUT2D eigenvalue weighted by atomic mass is 9.95. The van der Waals surface area contributed by atoms with Crippen molar-refractivity contribution >= 4 is 0 Å². The average Bonchev–Trinajstić information content (AvgIpc) is 2.56. The highest BCUT2D eigenvalue weighted by molar-refractivity contribution is 4.65. The van der Waals surface area contributed by atoms with Gasteiger partial charge < -0.3 is 4.48 Å². The van der Waals surface area contributed by atoms with Crippen molar-refractivity contribution in [3.8, 4) is 0 Å². The quantitative estimate of drug-likeness (QED) is 0.214. The van der Waals surface area contributed by atoms with Crippen LogP contribution in [0.25, 0.3) is 0 Å². The normalized spacial score (nSPS) is 20.4.